The van der Waals surface area contributed by atoms with Gasteiger partial charge in [0.05, 0.1) is 11.3 Å². The van der Waals surface area contributed by atoms with Crippen LogP contribution in [0.15, 0.2) is 47.1 Å². The molecule has 0 fully saturated rings. The van der Waals surface area contributed by atoms with Crippen molar-refractivity contribution in [3.8, 4) is 11.3 Å². The molecule has 0 amide bonds. The molecule has 17 heavy (non-hydrogen) atoms. The molecule has 0 saturated heterocycles. The van der Waals surface area contributed by atoms with Crippen LogP contribution in [-0.4, -0.2) is 4.98 Å². The fourth-order valence-corrected chi connectivity index (χ4v) is 1.81. The molecule has 0 bridgehead atoms. The third-order valence-electron chi connectivity index (χ3n) is 2.21. The smallest absolute Gasteiger partial charge is 0.256 e. The van der Waals surface area contributed by atoms with Crippen LogP contribution in [0.4, 0.5) is 13.2 Å². The van der Waals surface area contributed by atoms with Gasteiger partial charge >= 0.3 is 6.18 Å². The van der Waals surface area contributed by atoms with Gasteiger partial charge in [0.2, 0.25) is 0 Å². The first kappa shape index (κ1) is 12.1. The largest absolute Gasteiger partial charge is 0.416 e. The Kier molecular flexibility index (Phi) is 3.19. The van der Waals surface area contributed by atoms with E-state index in [1.165, 1.54) is 6.20 Å². The summed E-state index contributed by atoms with van der Waals surface area (Å²) < 4.78 is 38.4. The number of hydrogen-bond donors (Lipinski definition) is 0. The molecule has 2 rings (SSSR count). The number of halogens is 4. The van der Waals surface area contributed by atoms with Gasteiger partial charge in [-0.2, -0.15) is 13.2 Å². The molecular formula is C12H7BrF3N. The summed E-state index contributed by atoms with van der Waals surface area (Å²) in [4.78, 5) is 3.94. The van der Waals surface area contributed by atoms with Crippen LogP contribution >= 0.6 is 15.9 Å². The summed E-state index contributed by atoms with van der Waals surface area (Å²) in [6, 6.07) is 9.00. The van der Waals surface area contributed by atoms with Crippen LogP contribution in [-0.2, 0) is 6.18 Å². The molecule has 1 nitrogen and oxygen atoms in total. The van der Waals surface area contributed by atoms with Gasteiger partial charge in [-0.05, 0) is 24.3 Å². The Hall–Kier alpha value is -1.36. The molecule has 5 heteroatoms. The fourth-order valence-electron chi connectivity index (χ4n) is 1.41. The van der Waals surface area contributed by atoms with E-state index in [0.717, 1.165) is 16.6 Å². The van der Waals surface area contributed by atoms with Crippen LogP contribution in [0.5, 0.6) is 0 Å². The van der Waals surface area contributed by atoms with Crippen molar-refractivity contribution >= 4 is 15.9 Å². The molecular weight excluding hydrogens is 295 g/mol. The third-order valence-corrected chi connectivity index (χ3v) is 2.70. The zero-order chi connectivity index (χ0) is 12.5. The Morgan fingerprint density at radius 3 is 2.47 bits per heavy atom. The number of alkyl halides is 3. The van der Waals surface area contributed by atoms with Gasteiger partial charge in [-0.25, -0.2) is 0 Å². The van der Waals surface area contributed by atoms with Crippen molar-refractivity contribution in [1.82, 2.24) is 4.98 Å². The van der Waals surface area contributed by atoms with Crippen molar-refractivity contribution in [3.63, 3.8) is 0 Å². The number of nitrogens with zero attached hydrogens (tertiary/aromatic N) is 1. The molecule has 88 valence electrons. The van der Waals surface area contributed by atoms with Gasteiger partial charge in [-0.1, -0.05) is 28.1 Å². The maximum absolute atomic E-state index is 12.5. The lowest BCUT2D eigenvalue weighted by atomic mass is 10.1. The Bertz CT molecular complexity index is 537. The first-order chi connectivity index (χ1) is 7.97. The maximum Gasteiger partial charge on any atom is 0.416 e. The highest BCUT2D eigenvalue weighted by Crippen LogP contribution is 2.31. The predicted octanol–water partition coefficient (Wildman–Crippen LogP) is 4.53. The topological polar surface area (TPSA) is 12.9 Å². The van der Waals surface area contributed by atoms with E-state index < -0.39 is 11.7 Å². The van der Waals surface area contributed by atoms with Crippen molar-refractivity contribution in [1.29, 1.82) is 0 Å². The zero-order valence-electron chi connectivity index (χ0n) is 8.50. The summed E-state index contributed by atoms with van der Waals surface area (Å²) in [5, 5.41) is 0. The van der Waals surface area contributed by atoms with Gasteiger partial charge in [0.25, 0.3) is 0 Å². The fraction of sp³-hybridized carbons (Fsp3) is 0.0833. The highest BCUT2D eigenvalue weighted by atomic mass is 79.9. The van der Waals surface area contributed by atoms with Crippen molar-refractivity contribution in [2.45, 2.75) is 6.18 Å². The van der Waals surface area contributed by atoms with Gasteiger partial charge in [0.1, 0.15) is 0 Å². The number of rotatable bonds is 1. The molecule has 0 N–H and O–H groups in total. The number of benzene rings is 1. The lowest BCUT2D eigenvalue weighted by molar-refractivity contribution is -0.137. The molecule has 1 heterocycles. The van der Waals surface area contributed by atoms with E-state index in [-0.39, 0.29) is 0 Å². The summed E-state index contributed by atoms with van der Waals surface area (Å²) in [6.07, 6.45) is -3.18. The van der Waals surface area contributed by atoms with Gasteiger partial charge in [-0.15, -0.1) is 0 Å². The maximum atomic E-state index is 12.5. The molecule has 1 aromatic carbocycles. The summed E-state index contributed by atoms with van der Waals surface area (Å²) >= 11 is 3.27. The number of hydrogen-bond acceptors (Lipinski definition) is 1. The van der Waals surface area contributed by atoms with Gasteiger partial charge in [-0.3, -0.25) is 4.98 Å². The van der Waals surface area contributed by atoms with Gasteiger partial charge in [0.15, 0.2) is 0 Å². The van der Waals surface area contributed by atoms with Gasteiger partial charge in [0, 0.05) is 16.2 Å². The Morgan fingerprint density at radius 1 is 1.06 bits per heavy atom. The van der Waals surface area contributed by atoms with E-state index in [1.807, 2.05) is 0 Å². The van der Waals surface area contributed by atoms with Crippen LogP contribution in [0.25, 0.3) is 11.3 Å². The molecule has 0 aliphatic carbocycles. The summed E-state index contributed by atoms with van der Waals surface area (Å²) in [5.74, 6) is 0. The highest BCUT2D eigenvalue weighted by Gasteiger charge is 2.30. The van der Waals surface area contributed by atoms with E-state index in [0.29, 0.717) is 11.3 Å². The molecule has 2 aromatic rings. The summed E-state index contributed by atoms with van der Waals surface area (Å²) in [7, 11) is 0. The average molecular weight is 302 g/mol. The van der Waals surface area contributed by atoms with E-state index in [4.69, 9.17) is 0 Å². The second-order valence-electron chi connectivity index (χ2n) is 3.44. The first-order valence-electron chi connectivity index (χ1n) is 4.76. The lowest BCUT2D eigenvalue weighted by Gasteiger charge is -2.08. The molecule has 0 aliphatic heterocycles. The van der Waals surface area contributed by atoms with Crippen molar-refractivity contribution in [2.75, 3.05) is 0 Å². The minimum Gasteiger partial charge on any atom is -0.256 e. The second-order valence-corrected chi connectivity index (χ2v) is 4.35. The van der Waals surface area contributed by atoms with E-state index in [1.54, 1.807) is 24.3 Å². The molecule has 0 radical (unpaired) electrons. The Morgan fingerprint density at radius 2 is 1.82 bits per heavy atom. The quantitative estimate of drug-likeness (QED) is 0.754. The minimum absolute atomic E-state index is 0.307. The van der Waals surface area contributed by atoms with E-state index >= 15 is 0 Å². The number of pyridine rings is 1. The molecule has 1 aromatic heterocycles. The Balaban J connectivity index is 2.47. The normalized spacial score (nSPS) is 11.5. The van der Waals surface area contributed by atoms with Crippen molar-refractivity contribution in [2.24, 2.45) is 0 Å². The van der Waals surface area contributed by atoms with E-state index in [9.17, 15) is 13.2 Å². The zero-order valence-corrected chi connectivity index (χ0v) is 10.1. The average Bonchev–Trinajstić information content (AvgIpc) is 2.28. The standard InChI is InChI=1S/C12H7BrF3N/c13-10-3-1-2-8(6-10)11-7-9(4-5-17-11)12(14,15)16/h1-7H. The highest BCUT2D eigenvalue weighted by molar-refractivity contribution is 9.10. The Labute approximate surface area is 104 Å². The SMILES string of the molecule is FC(F)(F)c1ccnc(-c2cccc(Br)c2)c1. The van der Waals surface area contributed by atoms with Crippen LogP contribution in [0.2, 0.25) is 0 Å². The summed E-state index contributed by atoms with van der Waals surface area (Å²) in [5.41, 5.74) is 0.258. The van der Waals surface area contributed by atoms with Crippen LogP contribution in [0.1, 0.15) is 5.56 Å². The predicted molar refractivity (Wildman–Crippen MR) is 62.4 cm³/mol. The third kappa shape index (κ3) is 2.85. The molecule has 0 aliphatic rings. The second kappa shape index (κ2) is 4.49. The number of aromatic nitrogens is 1. The first-order valence-corrected chi connectivity index (χ1v) is 5.55. The minimum atomic E-state index is -4.34. The van der Waals surface area contributed by atoms with Crippen molar-refractivity contribution < 1.29 is 13.2 Å². The van der Waals surface area contributed by atoms with Crippen molar-refractivity contribution in [3.05, 3.63) is 52.6 Å². The van der Waals surface area contributed by atoms with Crippen LogP contribution < -0.4 is 0 Å². The van der Waals surface area contributed by atoms with Crippen LogP contribution in [0.3, 0.4) is 0 Å². The molecule has 0 spiro atoms. The van der Waals surface area contributed by atoms with E-state index in [2.05, 4.69) is 20.9 Å². The monoisotopic (exact) mass is 301 g/mol. The molecule has 0 saturated carbocycles. The molecule has 0 atom stereocenters. The molecule has 0 unspecified atom stereocenters. The van der Waals surface area contributed by atoms with Crippen LogP contribution in [0, 0.1) is 0 Å². The lowest BCUT2D eigenvalue weighted by Crippen LogP contribution is -2.05. The summed E-state index contributed by atoms with van der Waals surface area (Å²) in [6.45, 7) is 0. The van der Waals surface area contributed by atoms with Gasteiger partial charge < -0.3 is 0 Å².